The van der Waals surface area contributed by atoms with Gasteiger partial charge in [-0.3, -0.25) is 9.59 Å². The first kappa shape index (κ1) is 20.1. The quantitative estimate of drug-likeness (QED) is 0.718. The van der Waals surface area contributed by atoms with Gasteiger partial charge in [-0.1, -0.05) is 0 Å². The Morgan fingerprint density at radius 3 is 2.67 bits per heavy atom. The van der Waals surface area contributed by atoms with Gasteiger partial charge in [-0.05, 0) is 30.7 Å². The van der Waals surface area contributed by atoms with Crippen LogP contribution in [0, 0.1) is 6.92 Å². The number of alkyl halides is 2. The van der Waals surface area contributed by atoms with E-state index >= 15 is 0 Å². The van der Waals surface area contributed by atoms with E-state index < -0.39 is 30.8 Å². The van der Waals surface area contributed by atoms with Gasteiger partial charge in [-0.25, -0.2) is 8.78 Å². The van der Waals surface area contributed by atoms with Gasteiger partial charge in [0, 0.05) is 0 Å². The van der Waals surface area contributed by atoms with E-state index in [0.29, 0.717) is 10.6 Å². The van der Waals surface area contributed by atoms with Crippen LogP contribution in [0.2, 0.25) is 0 Å². The van der Waals surface area contributed by atoms with Crippen molar-refractivity contribution in [1.29, 1.82) is 0 Å². The fraction of sp³-hybridized carbons (Fsp3) is 0.286. The van der Waals surface area contributed by atoms with Crippen LogP contribution >= 0.6 is 23.7 Å². The summed E-state index contributed by atoms with van der Waals surface area (Å²) in [5, 5.41) is 5.13. The molecule has 0 saturated carbocycles. The Kier molecular flexibility index (Phi) is 6.88. The van der Waals surface area contributed by atoms with Crippen molar-refractivity contribution in [2.75, 3.05) is 18.4 Å². The zero-order valence-corrected chi connectivity index (χ0v) is 14.2. The Bertz CT molecular complexity index is 704. The lowest BCUT2D eigenvalue weighted by atomic mass is 10.2. The van der Waals surface area contributed by atoms with Crippen LogP contribution in [0.15, 0.2) is 28.9 Å². The largest absolute Gasteiger partial charge is 0.459 e. The number of carbonyl (C=O) groups excluding carboxylic acids is 2. The van der Waals surface area contributed by atoms with Gasteiger partial charge in [0.15, 0.2) is 5.76 Å². The van der Waals surface area contributed by atoms with Gasteiger partial charge in [0.1, 0.15) is 0 Å². The number of hydrogen-bond donors (Lipinski definition) is 3. The van der Waals surface area contributed by atoms with E-state index in [1.54, 1.807) is 19.1 Å². The van der Waals surface area contributed by atoms with Crippen LogP contribution in [0.1, 0.15) is 25.8 Å². The molecule has 2 amide bonds. The lowest BCUT2D eigenvalue weighted by Crippen LogP contribution is -2.41. The number of nitrogens with one attached hydrogen (secondary N) is 2. The maximum absolute atomic E-state index is 13.1. The van der Waals surface area contributed by atoms with Crippen LogP contribution in [-0.2, 0) is 0 Å². The summed E-state index contributed by atoms with van der Waals surface area (Å²) in [5.74, 6) is -4.13. The highest BCUT2D eigenvalue weighted by molar-refractivity contribution is 7.18. The van der Waals surface area contributed by atoms with Crippen molar-refractivity contribution in [3.63, 3.8) is 0 Å². The molecule has 2 aromatic rings. The second kappa shape index (κ2) is 8.22. The minimum absolute atomic E-state index is 0. The number of thiophene rings is 1. The molecule has 0 atom stereocenters. The lowest BCUT2D eigenvalue weighted by Gasteiger charge is -2.14. The minimum Gasteiger partial charge on any atom is -0.459 e. The highest BCUT2D eigenvalue weighted by Crippen LogP contribution is 2.27. The predicted molar refractivity (Wildman–Crippen MR) is 89.3 cm³/mol. The Hall–Kier alpha value is -1.97. The molecule has 6 nitrogen and oxygen atoms in total. The van der Waals surface area contributed by atoms with E-state index in [-0.39, 0.29) is 23.0 Å². The van der Waals surface area contributed by atoms with Gasteiger partial charge in [0.05, 0.1) is 29.2 Å². The van der Waals surface area contributed by atoms with Crippen molar-refractivity contribution in [3.8, 4) is 0 Å². The normalized spacial score (nSPS) is 10.8. The van der Waals surface area contributed by atoms with Crippen LogP contribution in [0.3, 0.4) is 0 Å². The number of amides is 2. The molecule has 2 rings (SSSR count). The molecule has 0 bridgehead atoms. The van der Waals surface area contributed by atoms with Gasteiger partial charge < -0.3 is 20.8 Å². The third-order valence-corrected chi connectivity index (χ3v) is 4.06. The topological polar surface area (TPSA) is 97.4 Å². The molecule has 0 aliphatic heterocycles. The van der Waals surface area contributed by atoms with Crippen molar-refractivity contribution in [2.45, 2.75) is 12.8 Å². The van der Waals surface area contributed by atoms with Crippen LogP contribution in [-0.4, -0.2) is 30.8 Å². The minimum atomic E-state index is -3.16. The molecule has 4 N–H and O–H groups in total. The average molecular weight is 380 g/mol. The van der Waals surface area contributed by atoms with E-state index in [1.807, 2.05) is 0 Å². The Morgan fingerprint density at radius 1 is 1.38 bits per heavy atom. The molecule has 0 fully saturated rings. The van der Waals surface area contributed by atoms with Gasteiger partial charge >= 0.3 is 0 Å². The van der Waals surface area contributed by atoms with Gasteiger partial charge in [0.2, 0.25) is 0 Å². The van der Waals surface area contributed by atoms with E-state index in [1.165, 1.54) is 12.3 Å². The van der Waals surface area contributed by atoms with Gasteiger partial charge in [0.25, 0.3) is 17.7 Å². The Morgan fingerprint density at radius 2 is 2.08 bits per heavy atom. The number of anilines is 1. The van der Waals surface area contributed by atoms with E-state index in [9.17, 15) is 18.4 Å². The molecule has 0 aromatic carbocycles. The number of halogens is 3. The van der Waals surface area contributed by atoms with Crippen LogP contribution < -0.4 is 16.4 Å². The van der Waals surface area contributed by atoms with Gasteiger partial charge in [-0.2, -0.15) is 0 Å². The summed E-state index contributed by atoms with van der Waals surface area (Å²) < 4.78 is 31.1. The van der Waals surface area contributed by atoms with Crippen LogP contribution in [0.5, 0.6) is 0 Å². The maximum atomic E-state index is 13.1. The zero-order chi connectivity index (χ0) is 17.0. The number of aryl methyl sites for hydroxylation is 1. The lowest BCUT2D eigenvalue weighted by molar-refractivity contribution is 0.0119. The second-order valence-electron chi connectivity index (χ2n) is 4.80. The standard InChI is InChI=1S/C14H15F2N3O3S.ClH/c1-8-5-10(19-12(20)9-3-2-4-22-9)23-11(8)13(21)18-7-14(15,16)6-17;/h2-5H,6-7,17H2,1H3,(H,18,21)(H,19,20);1H. The molecule has 0 saturated heterocycles. The van der Waals surface area contributed by atoms with Gasteiger partial charge in [-0.15, -0.1) is 23.7 Å². The van der Waals surface area contributed by atoms with Crippen LogP contribution in [0.4, 0.5) is 13.8 Å². The van der Waals surface area contributed by atoms with Crippen LogP contribution in [0.25, 0.3) is 0 Å². The molecule has 0 spiro atoms. The predicted octanol–water partition coefficient (Wildman–Crippen LogP) is 2.65. The highest BCUT2D eigenvalue weighted by Gasteiger charge is 2.28. The molecular weight excluding hydrogens is 364 g/mol. The number of nitrogens with two attached hydrogens (primary N) is 1. The number of hydrogen-bond acceptors (Lipinski definition) is 5. The van der Waals surface area contributed by atoms with E-state index in [4.69, 9.17) is 10.2 Å². The summed E-state index contributed by atoms with van der Waals surface area (Å²) in [6.45, 7) is -0.0377. The molecule has 2 heterocycles. The highest BCUT2D eigenvalue weighted by atomic mass is 35.5. The third kappa shape index (κ3) is 5.02. The number of carbonyl (C=O) groups is 2. The molecule has 24 heavy (non-hydrogen) atoms. The fourth-order valence-corrected chi connectivity index (χ4v) is 2.70. The van der Waals surface area contributed by atoms with Crippen molar-refractivity contribution in [1.82, 2.24) is 5.32 Å². The van der Waals surface area contributed by atoms with E-state index in [0.717, 1.165) is 11.3 Å². The Labute approximate surface area is 146 Å². The zero-order valence-electron chi connectivity index (χ0n) is 12.6. The smallest absolute Gasteiger partial charge is 0.291 e. The maximum Gasteiger partial charge on any atom is 0.291 e. The summed E-state index contributed by atoms with van der Waals surface area (Å²) >= 11 is 0.990. The molecule has 0 radical (unpaired) electrons. The average Bonchev–Trinajstić information content (AvgIpc) is 3.15. The summed E-state index contributed by atoms with van der Waals surface area (Å²) in [6, 6.07) is 4.66. The summed E-state index contributed by atoms with van der Waals surface area (Å²) in [4.78, 5) is 24.0. The van der Waals surface area contributed by atoms with Crippen molar-refractivity contribution in [2.24, 2.45) is 5.73 Å². The van der Waals surface area contributed by atoms with Crippen molar-refractivity contribution in [3.05, 3.63) is 40.7 Å². The molecule has 0 aliphatic carbocycles. The molecule has 10 heteroatoms. The fourth-order valence-electron chi connectivity index (χ4n) is 1.71. The summed E-state index contributed by atoms with van der Waals surface area (Å²) in [7, 11) is 0. The monoisotopic (exact) mass is 379 g/mol. The number of rotatable bonds is 6. The molecule has 0 unspecified atom stereocenters. The first-order chi connectivity index (χ1) is 10.8. The summed E-state index contributed by atoms with van der Waals surface area (Å²) in [5.41, 5.74) is 5.48. The van der Waals surface area contributed by atoms with E-state index in [2.05, 4.69) is 10.6 Å². The second-order valence-corrected chi connectivity index (χ2v) is 5.85. The van der Waals surface area contributed by atoms with Crippen molar-refractivity contribution < 1.29 is 22.8 Å². The SMILES string of the molecule is Cc1cc(NC(=O)c2ccco2)sc1C(=O)NCC(F)(F)CN.Cl. The first-order valence-corrected chi connectivity index (χ1v) is 7.45. The van der Waals surface area contributed by atoms with Crippen molar-refractivity contribution >= 4 is 40.6 Å². The Balaban J connectivity index is 0.00000288. The molecule has 2 aromatic heterocycles. The number of furan rings is 1. The third-order valence-electron chi connectivity index (χ3n) is 2.91. The molecule has 0 aliphatic rings. The summed E-state index contributed by atoms with van der Waals surface area (Å²) in [6.07, 6.45) is 1.37. The first-order valence-electron chi connectivity index (χ1n) is 6.64. The molecular formula is C14H16ClF2N3O3S. The molecule has 132 valence electrons.